The van der Waals surface area contributed by atoms with E-state index in [2.05, 4.69) is 4.74 Å². The first kappa shape index (κ1) is 16.4. The highest BCUT2D eigenvalue weighted by Crippen LogP contribution is 2.57. The summed E-state index contributed by atoms with van der Waals surface area (Å²) < 4.78 is 2.55. The topological polar surface area (TPSA) is 46.5 Å². The van der Waals surface area contributed by atoms with Crippen LogP contribution in [0.4, 0.5) is 4.79 Å². The summed E-state index contributed by atoms with van der Waals surface area (Å²) in [5.74, 6) is -0.411. The Morgan fingerprint density at radius 2 is 1.43 bits per heavy atom. The first-order chi connectivity index (χ1) is 10.8. The van der Waals surface area contributed by atoms with E-state index in [4.69, 9.17) is 39.9 Å². The van der Waals surface area contributed by atoms with Crippen LogP contribution in [0.1, 0.15) is 24.0 Å². The van der Waals surface area contributed by atoms with Crippen LogP contribution in [0, 0.1) is 0 Å². The van der Waals surface area contributed by atoms with Gasteiger partial charge in [-0.1, -0.05) is 71.7 Å². The summed E-state index contributed by atoms with van der Waals surface area (Å²) in [6.07, 6.45) is -1.58. The fraction of sp³-hybridized carbons (Fsp3) is 0.235. The third kappa shape index (κ3) is 2.57. The molecule has 0 aromatic heterocycles. The van der Waals surface area contributed by atoms with Crippen molar-refractivity contribution in [3.63, 3.8) is 0 Å². The van der Waals surface area contributed by atoms with Crippen molar-refractivity contribution in [1.82, 2.24) is 0 Å². The molecule has 0 spiro atoms. The van der Waals surface area contributed by atoms with E-state index < -0.39 is 21.5 Å². The minimum absolute atomic E-state index is 0.411. The Morgan fingerprint density at radius 3 is 1.87 bits per heavy atom. The van der Waals surface area contributed by atoms with Crippen molar-refractivity contribution in [2.24, 2.45) is 0 Å². The Hall–Kier alpha value is -1.42. The highest BCUT2D eigenvalue weighted by Gasteiger charge is 2.56. The SMILES string of the molecule is CC(Cl)(C1c2ccccc2-c2ccccc21)C(Cl)(Cl)OC(=O)O. The second kappa shape index (κ2) is 5.59. The number of hydrogen-bond acceptors (Lipinski definition) is 2. The number of carbonyl (C=O) groups is 1. The van der Waals surface area contributed by atoms with Crippen LogP contribution in [-0.2, 0) is 4.74 Å². The molecule has 2 aromatic carbocycles. The minimum atomic E-state index is -2.12. The summed E-state index contributed by atoms with van der Waals surface area (Å²) in [6.45, 7) is 1.58. The number of carboxylic acid groups (broad SMARTS) is 1. The molecule has 1 atom stereocenters. The molecule has 120 valence electrons. The van der Waals surface area contributed by atoms with Gasteiger partial charge in [-0.2, -0.15) is 0 Å². The minimum Gasteiger partial charge on any atom is -0.450 e. The summed E-state index contributed by atoms with van der Waals surface area (Å²) in [7, 11) is 0. The zero-order chi connectivity index (χ0) is 16.8. The smallest absolute Gasteiger partial charge is 0.450 e. The molecule has 0 amide bonds. The lowest BCUT2D eigenvalue weighted by Gasteiger charge is -2.38. The molecule has 6 heteroatoms. The van der Waals surface area contributed by atoms with Gasteiger partial charge < -0.3 is 9.84 Å². The molecule has 1 N–H and O–H groups in total. The van der Waals surface area contributed by atoms with Crippen LogP contribution < -0.4 is 0 Å². The van der Waals surface area contributed by atoms with Gasteiger partial charge in [0.1, 0.15) is 4.87 Å². The summed E-state index contributed by atoms with van der Waals surface area (Å²) in [6, 6.07) is 15.5. The lowest BCUT2D eigenvalue weighted by atomic mass is 9.84. The molecule has 0 saturated carbocycles. The van der Waals surface area contributed by atoms with E-state index in [0.717, 1.165) is 22.3 Å². The van der Waals surface area contributed by atoms with Gasteiger partial charge in [0, 0.05) is 5.92 Å². The largest absolute Gasteiger partial charge is 0.508 e. The quantitative estimate of drug-likeness (QED) is 0.562. The average Bonchev–Trinajstić information content (AvgIpc) is 2.80. The monoisotopic (exact) mass is 370 g/mol. The predicted octanol–water partition coefficient (Wildman–Crippen LogP) is 5.62. The molecule has 23 heavy (non-hydrogen) atoms. The van der Waals surface area contributed by atoms with Crippen LogP contribution in [0.25, 0.3) is 11.1 Å². The Morgan fingerprint density at radius 1 is 1.00 bits per heavy atom. The maximum absolute atomic E-state index is 10.9. The molecule has 0 bridgehead atoms. The van der Waals surface area contributed by atoms with Crippen LogP contribution in [0.2, 0.25) is 0 Å². The molecule has 0 fully saturated rings. The van der Waals surface area contributed by atoms with Crippen molar-refractivity contribution < 1.29 is 14.6 Å². The fourth-order valence-electron chi connectivity index (χ4n) is 3.12. The van der Waals surface area contributed by atoms with Crippen molar-refractivity contribution in [2.45, 2.75) is 22.2 Å². The molecule has 0 radical (unpaired) electrons. The van der Waals surface area contributed by atoms with Gasteiger partial charge in [-0.15, -0.1) is 11.6 Å². The molecule has 3 rings (SSSR count). The average molecular weight is 372 g/mol. The number of fused-ring (bicyclic) bond motifs is 3. The summed E-state index contributed by atoms with van der Waals surface area (Å²) >= 11 is 19.0. The molecule has 0 heterocycles. The summed E-state index contributed by atoms with van der Waals surface area (Å²) in [5.41, 5.74) is 3.93. The lowest BCUT2D eigenvalue weighted by molar-refractivity contribution is 0.0482. The Labute approximate surface area is 148 Å². The van der Waals surface area contributed by atoms with Crippen molar-refractivity contribution in [3.8, 4) is 11.1 Å². The maximum Gasteiger partial charge on any atom is 0.508 e. The van der Waals surface area contributed by atoms with E-state index in [1.807, 2.05) is 48.5 Å². The first-order valence-electron chi connectivity index (χ1n) is 6.92. The molecule has 1 aliphatic carbocycles. The molecular formula is C17H13Cl3O3. The molecule has 1 unspecified atom stereocenters. The van der Waals surface area contributed by atoms with E-state index >= 15 is 0 Å². The third-order valence-corrected chi connectivity index (χ3v) is 5.78. The van der Waals surface area contributed by atoms with Gasteiger partial charge in [0.05, 0.1) is 0 Å². The van der Waals surface area contributed by atoms with Crippen molar-refractivity contribution in [2.75, 3.05) is 0 Å². The predicted molar refractivity (Wildman–Crippen MR) is 91.5 cm³/mol. The number of benzene rings is 2. The third-order valence-electron chi connectivity index (χ3n) is 4.16. The van der Waals surface area contributed by atoms with E-state index in [1.54, 1.807) is 6.92 Å². The summed E-state index contributed by atoms with van der Waals surface area (Å²) in [4.78, 5) is 9.51. The van der Waals surface area contributed by atoms with Gasteiger partial charge >= 0.3 is 6.16 Å². The summed E-state index contributed by atoms with van der Waals surface area (Å²) in [5, 5.41) is 8.90. The normalized spacial score (nSPS) is 16.3. The van der Waals surface area contributed by atoms with Gasteiger partial charge in [0.2, 0.25) is 0 Å². The number of alkyl halides is 3. The fourth-order valence-corrected chi connectivity index (χ4v) is 3.74. The highest BCUT2D eigenvalue weighted by molar-refractivity contribution is 6.53. The molecule has 0 saturated heterocycles. The van der Waals surface area contributed by atoms with Crippen molar-refractivity contribution in [3.05, 3.63) is 59.7 Å². The Balaban J connectivity index is 2.17. The van der Waals surface area contributed by atoms with Crippen LogP contribution in [0.5, 0.6) is 0 Å². The lowest BCUT2D eigenvalue weighted by Crippen LogP contribution is -2.46. The van der Waals surface area contributed by atoms with Gasteiger partial charge in [0.15, 0.2) is 0 Å². The maximum atomic E-state index is 10.9. The molecule has 3 nitrogen and oxygen atoms in total. The van der Waals surface area contributed by atoms with Crippen molar-refractivity contribution in [1.29, 1.82) is 0 Å². The number of rotatable bonds is 3. The van der Waals surface area contributed by atoms with Crippen molar-refractivity contribution >= 4 is 41.0 Å². The second-order valence-corrected chi connectivity index (χ2v) is 7.61. The number of halogens is 3. The molecule has 0 aliphatic heterocycles. The zero-order valence-electron chi connectivity index (χ0n) is 12.1. The van der Waals surface area contributed by atoms with Crippen LogP contribution in [0.15, 0.2) is 48.5 Å². The van der Waals surface area contributed by atoms with E-state index in [0.29, 0.717) is 0 Å². The van der Waals surface area contributed by atoms with E-state index in [-0.39, 0.29) is 0 Å². The van der Waals surface area contributed by atoms with Crippen LogP contribution >= 0.6 is 34.8 Å². The number of hydrogen-bond donors (Lipinski definition) is 1. The molecule has 1 aliphatic rings. The first-order valence-corrected chi connectivity index (χ1v) is 8.06. The molecular weight excluding hydrogens is 359 g/mol. The van der Waals surface area contributed by atoms with Gasteiger partial charge in [-0.25, -0.2) is 4.79 Å². The molecule has 2 aromatic rings. The zero-order valence-corrected chi connectivity index (χ0v) is 14.4. The number of ether oxygens (including phenoxy) is 1. The second-order valence-electron chi connectivity index (χ2n) is 5.57. The highest BCUT2D eigenvalue weighted by atomic mass is 35.5. The van der Waals surface area contributed by atoms with Gasteiger partial charge in [-0.05, 0) is 29.2 Å². The van der Waals surface area contributed by atoms with E-state index in [9.17, 15) is 4.79 Å². The Bertz CT molecular complexity index is 726. The van der Waals surface area contributed by atoms with Crippen LogP contribution in [0.3, 0.4) is 0 Å². The van der Waals surface area contributed by atoms with Gasteiger partial charge in [0.25, 0.3) is 4.52 Å². The Kier molecular flexibility index (Phi) is 3.99. The van der Waals surface area contributed by atoms with Gasteiger partial charge in [-0.3, -0.25) is 0 Å². The van der Waals surface area contributed by atoms with E-state index in [1.165, 1.54) is 0 Å². The standard InChI is InChI=1S/C17H13Cl3O3/c1-16(18,17(19,20)23-15(21)22)14-12-8-4-2-6-10(12)11-7-3-5-9-13(11)14/h2-9,14H,1H3,(H,21,22). The van der Waals surface area contributed by atoms with Crippen LogP contribution in [-0.4, -0.2) is 20.7 Å².